The van der Waals surface area contributed by atoms with Crippen LogP contribution in [0.5, 0.6) is 0 Å². The van der Waals surface area contributed by atoms with E-state index in [1.165, 1.54) is 4.90 Å². The van der Waals surface area contributed by atoms with Crippen molar-refractivity contribution in [2.24, 2.45) is 5.73 Å². The molecule has 0 spiro atoms. The Hall–Kier alpha value is -1.75. The molecule has 0 unspecified atom stereocenters. The van der Waals surface area contributed by atoms with E-state index in [4.69, 9.17) is 11.1 Å². The van der Waals surface area contributed by atoms with Gasteiger partial charge in [-0.3, -0.25) is 5.41 Å². The number of hydrogen-bond donors (Lipinski definition) is 3. The van der Waals surface area contributed by atoms with E-state index in [0.717, 1.165) is 36.8 Å². The van der Waals surface area contributed by atoms with Crippen molar-refractivity contribution in [3.05, 3.63) is 29.3 Å². The Balaban J connectivity index is 0.00000220. The number of guanidine groups is 1. The smallest absolute Gasteiger partial charge is 0.329 e. The molecular weight excluding hydrogens is 288 g/mol. The maximum atomic E-state index is 12.4. The number of nitrogens with zero attached hydrogens (tertiary/aromatic N) is 1. The molecule has 0 aliphatic heterocycles. The molecule has 1 aliphatic rings. The second-order valence-electron chi connectivity index (χ2n) is 5.39. The normalized spacial score (nSPS) is 14.4. The highest BCUT2D eigenvalue weighted by Crippen LogP contribution is 2.25. The number of nitrogens with two attached hydrogens (primary N) is 1. The van der Waals surface area contributed by atoms with Crippen molar-refractivity contribution in [2.45, 2.75) is 45.6 Å². The summed E-state index contributed by atoms with van der Waals surface area (Å²) < 4.78 is 0. The zero-order valence-corrected chi connectivity index (χ0v) is 13.3. The van der Waals surface area contributed by atoms with Crippen LogP contribution >= 0.6 is 12.4 Å². The summed E-state index contributed by atoms with van der Waals surface area (Å²) in [6.07, 6.45) is 4.30. The molecule has 1 fully saturated rings. The van der Waals surface area contributed by atoms with Crippen LogP contribution in [0.1, 0.15) is 36.8 Å². The lowest BCUT2D eigenvalue weighted by Crippen LogP contribution is -2.50. The molecule has 6 heteroatoms. The van der Waals surface area contributed by atoms with Crippen LogP contribution < -0.4 is 16.0 Å². The Morgan fingerprint density at radius 3 is 2.29 bits per heavy atom. The molecule has 0 radical (unpaired) electrons. The van der Waals surface area contributed by atoms with Crippen LogP contribution in [0, 0.1) is 19.3 Å². The molecule has 0 atom stereocenters. The summed E-state index contributed by atoms with van der Waals surface area (Å²) >= 11 is 0. The molecule has 116 valence electrons. The van der Waals surface area contributed by atoms with Gasteiger partial charge < -0.3 is 11.1 Å². The first-order valence-electron chi connectivity index (χ1n) is 7.01. The number of halogens is 1. The number of aryl methyl sites for hydroxylation is 2. The van der Waals surface area contributed by atoms with E-state index in [-0.39, 0.29) is 30.4 Å². The largest absolute Gasteiger partial charge is 0.369 e. The van der Waals surface area contributed by atoms with Crippen molar-refractivity contribution in [3.8, 4) is 0 Å². The summed E-state index contributed by atoms with van der Waals surface area (Å²) in [5.41, 5.74) is 8.20. The molecule has 4 N–H and O–H groups in total. The molecule has 2 amide bonds. The van der Waals surface area contributed by atoms with E-state index in [2.05, 4.69) is 5.32 Å². The quantitative estimate of drug-likeness (QED) is 0.579. The highest BCUT2D eigenvalue weighted by atomic mass is 35.5. The van der Waals surface area contributed by atoms with Gasteiger partial charge in [0.05, 0.1) is 5.69 Å². The van der Waals surface area contributed by atoms with Gasteiger partial charge in [0, 0.05) is 6.04 Å². The van der Waals surface area contributed by atoms with Gasteiger partial charge in [-0.15, -0.1) is 12.4 Å². The van der Waals surface area contributed by atoms with Crippen LogP contribution in [-0.2, 0) is 0 Å². The number of carbonyl (C=O) groups is 1. The van der Waals surface area contributed by atoms with Crippen LogP contribution in [0.3, 0.4) is 0 Å². The van der Waals surface area contributed by atoms with E-state index < -0.39 is 0 Å². The van der Waals surface area contributed by atoms with Gasteiger partial charge in [-0.05, 0) is 37.8 Å². The minimum Gasteiger partial charge on any atom is -0.369 e. The van der Waals surface area contributed by atoms with E-state index in [0.29, 0.717) is 5.69 Å². The highest BCUT2D eigenvalue weighted by molar-refractivity contribution is 6.14. The van der Waals surface area contributed by atoms with Gasteiger partial charge in [0.25, 0.3) is 0 Å². The number of hydrogen-bond acceptors (Lipinski definition) is 2. The summed E-state index contributed by atoms with van der Waals surface area (Å²) in [7, 11) is 0. The van der Waals surface area contributed by atoms with Gasteiger partial charge >= 0.3 is 6.03 Å². The molecule has 2 rings (SSSR count). The molecule has 0 heterocycles. The number of amides is 2. The third-order valence-corrected chi connectivity index (χ3v) is 3.79. The third kappa shape index (κ3) is 3.88. The maximum absolute atomic E-state index is 12.4. The molecule has 1 saturated carbocycles. The molecule has 1 aromatic carbocycles. The average molecular weight is 311 g/mol. The molecule has 0 saturated heterocycles. The van der Waals surface area contributed by atoms with Crippen LogP contribution in [-0.4, -0.2) is 18.0 Å². The molecule has 1 aliphatic carbocycles. The zero-order chi connectivity index (χ0) is 14.7. The molecule has 0 aromatic heterocycles. The predicted octanol–water partition coefficient (Wildman–Crippen LogP) is 3.08. The fraction of sp³-hybridized carbons (Fsp3) is 0.467. The first-order valence-corrected chi connectivity index (χ1v) is 7.01. The fourth-order valence-corrected chi connectivity index (χ4v) is 2.80. The monoisotopic (exact) mass is 310 g/mol. The number of carbonyl (C=O) groups excluding carboxylic acids is 1. The predicted molar refractivity (Wildman–Crippen MR) is 88.3 cm³/mol. The van der Waals surface area contributed by atoms with Crippen LogP contribution in [0.2, 0.25) is 0 Å². The molecule has 1 aromatic rings. The van der Waals surface area contributed by atoms with Crippen LogP contribution in [0.15, 0.2) is 18.2 Å². The average Bonchev–Trinajstić information content (AvgIpc) is 2.86. The Labute approximate surface area is 131 Å². The Morgan fingerprint density at radius 2 is 1.81 bits per heavy atom. The minimum absolute atomic E-state index is 0. The first kappa shape index (κ1) is 17.3. The van der Waals surface area contributed by atoms with Crippen LogP contribution in [0.4, 0.5) is 10.5 Å². The van der Waals surface area contributed by atoms with Crippen LogP contribution in [0.25, 0.3) is 0 Å². The third-order valence-electron chi connectivity index (χ3n) is 3.79. The van der Waals surface area contributed by atoms with E-state index >= 15 is 0 Å². The van der Waals surface area contributed by atoms with Crippen molar-refractivity contribution in [1.82, 2.24) is 5.32 Å². The summed E-state index contributed by atoms with van der Waals surface area (Å²) in [4.78, 5) is 13.7. The second kappa shape index (κ2) is 7.31. The van der Waals surface area contributed by atoms with Crippen molar-refractivity contribution in [3.63, 3.8) is 0 Å². The SMILES string of the molecule is Cc1cccc(C)c1N(C(=N)N)C(=O)NC1CCCC1.Cl. The van der Waals surface area contributed by atoms with Gasteiger partial charge in [0.1, 0.15) is 0 Å². The van der Waals surface area contributed by atoms with Gasteiger partial charge in [-0.1, -0.05) is 31.0 Å². The number of nitrogens with one attached hydrogen (secondary N) is 2. The van der Waals surface area contributed by atoms with Gasteiger partial charge in [-0.25, -0.2) is 9.69 Å². The van der Waals surface area contributed by atoms with E-state index in [9.17, 15) is 4.79 Å². The highest BCUT2D eigenvalue weighted by Gasteiger charge is 2.25. The topological polar surface area (TPSA) is 82.2 Å². The number of rotatable bonds is 2. The van der Waals surface area contributed by atoms with Gasteiger partial charge in [0.2, 0.25) is 5.96 Å². The Kier molecular flexibility index (Phi) is 6.03. The number of anilines is 1. The number of benzene rings is 1. The molecule has 21 heavy (non-hydrogen) atoms. The second-order valence-corrected chi connectivity index (χ2v) is 5.39. The Morgan fingerprint density at radius 1 is 1.29 bits per heavy atom. The maximum Gasteiger partial charge on any atom is 0.329 e. The fourth-order valence-electron chi connectivity index (χ4n) is 2.80. The van der Waals surface area contributed by atoms with E-state index in [1.807, 2.05) is 32.0 Å². The lowest BCUT2D eigenvalue weighted by atomic mass is 10.1. The molecule has 0 bridgehead atoms. The molecule has 5 nitrogen and oxygen atoms in total. The summed E-state index contributed by atoms with van der Waals surface area (Å²) in [6, 6.07) is 5.67. The van der Waals surface area contributed by atoms with Gasteiger partial charge in [-0.2, -0.15) is 0 Å². The van der Waals surface area contributed by atoms with Crippen molar-refractivity contribution in [2.75, 3.05) is 4.90 Å². The number of para-hydroxylation sites is 1. The van der Waals surface area contributed by atoms with Crippen molar-refractivity contribution < 1.29 is 4.79 Å². The number of urea groups is 1. The summed E-state index contributed by atoms with van der Waals surface area (Å²) in [5, 5.41) is 10.7. The zero-order valence-electron chi connectivity index (χ0n) is 12.5. The molecular formula is C15H23ClN4O. The lowest BCUT2D eigenvalue weighted by molar-refractivity contribution is 0.245. The first-order chi connectivity index (χ1) is 9.50. The Bertz CT molecular complexity index is 506. The van der Waals surface area contributed by atoms with E-state index in [1.54, 1.807) is 0 Å². The lowest BCUT2D eigenvalue weighted by Gasteiger charge is -2.26. The van der Waals surface area contributed by atoms with Crippen molar-refractivity contribution in [1.29, 1.82) is 5.41 Å². The standard InChI is InChI=1S/C15H22N4O.ClH/c1-10-6-5-7-11(2)13(10)19(14(16)17)15(20)18-12-8-3-4-9-12;/h5-7,12H,3-4,8-9H2,1-2H3,(H3,16,17)(H,18,20);1H. The van der Waals surface area contributed by atoms with Crippen molar-refractivity contribution >= 4 is 30.1 Å². The van der Waals surface area contributed by atoms with Gasteiger partial charge in [0.15, 0.2) is 0 Å². The minimum atomic E-state index is -0.304. The summed E-state index contributed by atoms with van der Waals surface area (Å²) in [5.74, 6) is -0.252. The summed E-state index contributed by atoms with van der Waals surface area (Å²) in [6.45, 7) is 3.84.